The van der Waals surface area contributed by atoms with Crippen LogP contribution in [-0.4, -0.2) is 39.6 Å². The van der Waals surface area contributed by atoms with Crippen LogP contribution in [0.15, 0.2) is 95.9 Å². The molecule has 0 saturated heterocycles. The summed E-state index contributed by atoms with van der Waals surface area (Å²) >= 11 is 0. The summed E-state index contributed by atoms with van der Waals surface area (Å²) in [5.41, 5.74) is 5.16. The van der Waals surface area contributed by atoms with E-state index in [9.17, 15) is 18.8 Å². The molecule has 0 radical (unpaired) electrons. The van der Waals surface area contributed by atoms with E-state index in [0.29, 0.717) is 12.8 Å². The van der Waals surface area contributed by atoms with Crippen molar-refractivity contribution in [3.05, 3.63) is 141 Å². The topological polar surface area (TPSA) is 106 Å². The Bertz CT molecular complexity index is 1710. The molecule has 1 atom stereocenters. The van der Waals surface area contributed by atoms with E-state index >= 15 is 0 Å². The molecule has 2 aromatic heterocycles. The Morgan fingerprint density at radius 2 is 1.50 bits per heavy atom. The first-order valence-electron chi connectivity index (χ1n) is 12.7. The molecule has 3 aromatic carbocycles. The van der Waals surface area contributed by atoms with Gasteiger partial charge in [-0.3, -0.25) is 4.79 Å². The van der Waals surface area contributed by atoms with Crippen molar-refractivity contribution in [2.45, 2.75) is 25.3 Å². The van der Waals surface area contributed by atoms with Gasteiger partial charge in [0.05, 0.1) is 12.7 Å². The fourth-order valence-electron chi connectivity index (χ4n) is 4.66. The monoisotopic (exact) mass is 538 g/mol. The van der Waals surface area contributed by atoms with Gasteiger partial charge in [0.2, 0.25) is 0 Å². The number of hydrogen-bond acceptors (Lipinski definition) is 5. The number of esters is 1. The second-order valence-electron chi connectivity index (χ2n) is 9.46. The average molecular weight is 539 g/mol. The number of carbonyl (C=O) groups excluding carboxylic acids is 2. The second kappa shape index (κ2) is 11.8. The van der Waals surface area contributed by atoms with Gasteiger partial charge in [-0.2, -0.15) is 5.10 Å². The SMILES string of the molecule is COC(=O)C(Cc1ccc(Cc2ccccc2Cc2ccc(F)cc2)cc1)NC(=O)c1cccn2c(=O)[nH]nc12. The minimum atomic E-state index is -0.939. The Morgan fingerprint density at radius 1 is 0.900 bits per heavy atom. The van der Waals surface area contributed by atoms with Gasteiger partial charge in [-0.05, 0) is 64.9 Å². The van der Waals surface area contributed by atoms with Gasteiger partial charge < -0.3 is 10.1 Å². The van der Waals surface area contributed by atoms with Gasteiger partial charge in [0, 0.05) is 12.6 Å². The molecule has 0 aliphatic heterocycles. The van der Waals surface area contributed by atoms with Gasteiger partial charge in [-0.15, -0.1) is 0 Å². The summed E-state index contributed by atoms with van der Waals surface area (Å²) < 4.78 is 19.5. The molecule has 0 aliphatic carbocycles. The number of ether oxygens (including phenoxy) is 1. The maximum Gasteiger partial charge on any atom is 0.347 e. The van der Waals surface area contributed by atoms with Crippen molar-refractivity contribution in [1.29, 1.82) is 0 Å². The number of hydrogen-bond donors (Lipinski definition) is 2. The van der Waals surface area contributed by atoms with E-state index < -0.39 is 23.6 Å². The van der Waals surface area contributed by atoms with Gasteiger partial charge in [0.15, 0.2) is 5.65 Å². The average Bonchev–Trinajstić information content (AvgIpc) is 3.36. The molecule has 40 heavy (non-hydrogen) atoms. The second-order valence-corrected chi connectivity index (χ2v) is 9.46. The van der Waals surface area contributed by atoms with E-state index in [1.165, 1.54) is 47.0 Å². The minimum absolute atomic E-state index is 0.157. The highest BCUT2D eigenvalue weighted by atomic mass is 19.1. The first kappa shape index (κ1) is 26.6. The summed E-state index contributed by atoms with van der Waals surface area (Å²) in [6.07, 6.45) is 3.13. The Balaban J connectivity index is 1.28. The molecule has 8 nitrogen and oxygen atoms in total. The molecule has 0 saturated carbocycles. The highest BCUT2D eigenvalue weighted by molar-refractivity contribution is 6.01. The van der Waals surface area contributed by atoms with E-state index in [2.05, 4.69) is 27.6 Å². The van der Waals surface area contributed by atoms with Gasteiger partial charge in [-0.1, -0.05) is 60.7 Å². The van der Waals surface area contributed by atoms with Crippen molar-refractivity contribution in [3.63, 3.8) is 0 Å². The quantitative estimate of drug-likeness (QED) is 0.277. The van der Waals surface area contributed by atoms with Crippen LogP contribution in [0.25, 0.3) is 5.65 Å². The van der Waals surface area contributed by atoms with Crippen molar-refractivity contribution >= 4 is 17.5 Å². The first-order valence-corrected chi connectivity index (χ1v) is 12.7. The predicted octanol–water partition coefficient (Wildman–Crippen LogP) is 3.86. The highest BCUT2D eigenvalue weighted by Gasteiger charge is 2.24. The summed E-state index contributed by atoms with van der Waals surface area (Å²) in [5.74, 6) is -1.38. The lowest BCUT2D eigenvalue weighted by Gasteiger charge is -2.17. The van der Waals surface area contributed by atoms with Gasteiger partial charge >= 0.3 is 11.7 Å². The number of pyridine rings is 1. The predicted molar refractivity (Wildman–Crippen MR) is 148 cm³/mol. The lowest BCUT2D eigenvalue weighted by molar-refractivity contribution is -0.142. The number of H-pyrrole nitrogens is 1. The number of nitrogens with zero attached hydrogens (tertiary/aromatic N) is 2. The van der Waals surface area contributed by atoms with E-state index in [1.807, 2.05) is 36.4 Å². The molecule has 202 valence electrons. The lowest BCUT2D eigenvalue weighted by atomic mass is 9.94. The summed E-state index contributed by atoms with van der Waals surface area (Å²) in [6, 6.07) is 24.7. The first-order chi connectivity index (χ1) is 19.4. The standard InChI is InChI=1S/C31H27FN4O4/c1-40-30(38)27(33-29(37)26-7-4-16-36-28(26)34-35-31(36)39)19-22-10-8-20(9-11-22)17-23-5-2-3-6-24(23)18-21-12-14-25(32)15-13-21/h2-16,27H,17-19H2,1H3,(H,33,37)(H,35,39). The van der Waals surface area contributed by atoms with Crippen LogP contribution in [0.3, 0.4) is 0 Å². The zero-order valence-corrected chi connectivity index (χ0v) is 21.8. The van der Waals surface area contributed by atoms with Crippen molar-refractivity contribution in [3.8, 4) is 0 Å². The zero-order valence-electron chi connectivity index (χ0n) is 21.8. The number of amides is 1. The highest BCUT2D eigenvalue weighted by Crippen LogP contribution is 2.19. The number of halogens is 1. The third-order valence-electron chi connectivity index (χ3n) is 6.76. The minimum Gasteiger partial charge on any atom is -0.467 e. The van der Waals surface area contributed by atoms with E-state index in [-0.39, 0.29) is 23.4 Å². The van der Waals surface area contributed by atoms with Crippen LogP contribution in [0.2, 0.25) is 0 Å². The maximum absolute atomic E-state index is 13.3. The maximum atomic E-state index is 13.3. The third-order valence-corrected chi connectivity index (χ3v) is 6.76. The smallest absolute Gasteiger partial charge is 0.347 e. The molecule has 0 spiro atoms. The third kappa shape index (κ3) is 5.99. The molecule has 2 N–H and O–H groups in total. The van der Waals surface area contributed by atoms with Crippen LogP contribution in [0.1, 0.15) is 38.2 Å². The molecular formula is C31H27FN4O4. The summed E-state index contributed by atoms with van der Waals surface area (Å²) in [7, 11) is 1.27. The Morgan fingerprint density at radius 3 is 2.12 bits per heavy atom. The number of rotatable bonds is 9. The number of aromatic nitrogens is 3. The van der Waals surface area contributed by atoms with Crippen molar-refractivity contribution in [2.75, 3.05) is 7.11 Å². The normalized spacial score (nSPS) is 11.8. The molecule has 5 aromatic rings. The van der Waals surface area contributed by atoms with E-state index in [1.54, 1.807) is 18.2 Å². The van der Waals surface area contributed by atoms with Gasteiger partial charge in [-0.25, -0.2) is 23.5 Å². The van der Waals surface area contributed by atoms with E-state index in [4.69, 9.17) is 4.74 Å². The van der Waals surface area contributed by atoms with Crippen LogP contribution in [0.5, 0.6) is 0 Å². The van der Waals surface area contributed by atoms with Crippen molar-refractivity contribution in [2.24, 2.45) is 0 Å². The lowest BCUT2D eigenvalue weighted by Crippen LogP contribution is -2.43. The fourth-order valence-corrected chi connectivity index (χ4v) is 4.66. The number of nitrogens with one attached hydrogen (secondary N) is 2. The van der Waals surface area contributed by atoms with Crippen LogP contribution in [0, 0.1) is 5.82 Å². The number of methoxy groups -OCH3 is 1. The molecular weight excluding hydrogens is 511 g/mol. The Hall–Kier alpha value is -5.05. The number of carbonyl (C=O) groups is 2. The van der Waals surface area contributed by atoms with Crippen LogP contribution < -0.4 is 11.0 Å². The molecule has 9 heteroatoms. The van der Waals surface area contributed by atoms with Crippen molar-refractivity contribution in [1.82, 2.24) is 19.9 Å². The molecule has 1 amide bonds. The van der Waals surface area contributed by atoms with Crippen LogP contribution in [-0.2, 0) is 28.8 Å². The summed E-state index contributed by atoms with van der Waals surface area (Å²) in [6.45, 7) is 0. The molecule has 0 bridgehead atoms. The summed E-state index contributed by atoms with van der Waals surface area (Å²) in [4.78, 5) is 37.4. The number of benzene rings is 3. The molecule has 5 rings (SSSR count). The number of aromatic amines is 1. The molecule has 2 heterocycles. The zero-order chi connectivity index (χ0) is 28.1. The Labute approximate surface area is 229 Å². The number of fused-ring (bicyclic) bond motifs is 1. The van der Waals surface area contributed by atoms with E-state index in [0.717, 1.165) is 16.7 Å². The van der Waals surface area contributed by atoms with Gasteiger partial charge in [0.25, 0.3) is 5.91 Å². The molecule has 1 unspecified atom stereocenters. The summed E-state index contributed by atoms with van der Waals surface area (Å²) in [5, 5.41) is 8.93. The molecule has 0 fully saturated rings. The van der Waals surface area contributed by atoms with Crippen LogP contribution >= 0.6 is 0 Å². The van der Waals surface area contributed by atoms with Crippen LogP contribution in [0.4, 0.5) is 4.39 Å². The Kier molecular flexibility index (Phi) is 7.82. The van der Waals surface area contributed by atoms with Gasteiger partial charge in [0.1, 0.15) is 11.9 Å². The van der Waals surface area contributed by atoms with Crippen molar-refractivity contribution < 1.29 is 18.7 Å². The molecule has 0 aliphatic rings. The largest absolute Gasteiger partial charge is 0.467 e. The fraction of sp³-hybridized carbons (Fsp3) is 0.161.